The number of amides is 1. The summed E-state index contributed by atoms with van der Waals surface area (Å²) in [5, 5.41) is 9.45. The highest BCUT2D eigenvalue weighted by Crippen LogP contribution is 2.29. The lowest BCUT2D eigenvalue weighted by Gasteiger charge is -2.22. The first-order chi connectivity index (χ1) is 9.20. The number of aromatic hydroxyl groups is 1. The topological polar surface area (TPSA) is 75.8 Å². The Morgan fingerprint density at radius 1 is 1.47 bits per heavy atom. The third-order valence-corrected chi connectivity index (χ3v) is 3.06. The van der Waals surface area contributed by atoms with Crippen molar-refractivity contribution in [2.45, 2.75) is 25.4 Å². The maximum atomic E-state index is 12.1. The number of hydrogen-bond donors (Lipinski definition) is 2. The maximum Gasteiger partial charge on any atom is 0.249 e. The van der Waals surface area contributed by atoms with E-state index >= 15 is 0 Å². The standard InChI is InChI=1S/C14H20N2O3/c15-6-7-19-10-14(18)16(12-4-5-12)9-11-2-1-3-13(17)8-11/h1-3,8,12,17H,4-7,9-10,15H2. The van der Waals surface area contributed by atoms with E-state index in [1.54, 1.807) is 18.2 Å². The number of phenolic OH excluding ortho intramolecular Hbond substituents is 1. The second-order valence-corrected chi connectivity index (χ2v) is 4.76. The van der Waals surface area contributed by atoms with Gasteiger partial charge in [-0.2, -0.15) is 0 Å². The van der Waals surface area contributed by atoms with Crippen LogP contribution in [-0.4, -0.2) is 41.7 Å². The average Bonchev–Trinajstić information content (AvgIpc) is 3.20. The molecule has 0 unspecified atom stereocenters. The Hall–Kier alpha value is -1.59. The van der Waals surface area contributed by atoms with Crippen LogP contribution in [0.25, 0.3) is 0 Å². The Kier molecular flexibility index (Phi) is 4.76. The first-order valence-corrected chi connectivity index (χ1v) is 6.56. The van der Waals surface area contributed by atoms with Gasteiger partial charge in [0.05, 0.1) is 6.61 Å². The van der Waals surface area contributed by atoms with E-state index in [1.807, 2.05) is 11.0 Å². The van der Waals surface area contributed by atoms with E-state index < -0.39 is 0 Å². The van der Waals surface area contributed by atoms with E-state index in [1.165, 1.54) is 0 Å². The second kappa shape index (κ2) is 6.54. The van der Waals surface area contributed by atoms with Crippen LogP contribution in [-0.2, 0) is 16.1 Å². The number of carbonyl (C=O) groups is 1. The maximum absolute atomic E-state index is 12.1. The Morgan fingerprint density at radius 2 is 2.26 bits per heavy atom. The molecule has 1 amide bonds. The van der Waals surface area contributed by atoms with Gasteiger partial charge in [-0.1, -0.05) is 12.1 Å². The van der Waals surface area contributed by atoms with Crippen molar-refractivity contribution in [2.75, 3.05) is 19.8 Å². The fourth-order valence-electron chi connectivity index (χ4n) is 1.98. The number of benzene rings is 1. The fraction of sp³-hybridized carbons (Fsp3) is 0.500. The first kappa shape index (κ1) is 13.8. The van der Waals surface area contributed by atoms with Gasteiger partial charge in [0.2, 0.25) is 5.91 Å². The normalized spacial score (nSPS) is 14.4. The van der Waals surface area contributed by atoms with Crippen molar-refractivity contribution in [1.29, 1.82) is 0 Å². The minimum atomic E-state index is -0.0145. The molecule has 3 N–H and O–H groups in total. The molecule has 1 saturated carbocycles. The van der Waals surface area contributed by atoms with Gasteiger partial charge < -0.3 is 20.5 Å². The third-order valence-electron chi connectivity index (χ3n) is 3.06. The smallest absolute Gasteiger partial charge is 0.249 e. The van der Waals surface area contributed by atoms with Crippen LogP contribution in [0.2, 0.25) is 0 Å². The molecule has 0 saturated heterocycles. The summed E-state index contributed by atoms with van der Waals surface area (Å²) in [5.41, 5.74) is 6.26. The molecule has 0 atom stereocenters. The molecule has 5 nitrogen and oxygen atoms in total. The molecule has 0 aliphatic heterocycles. The Bertz CT molecular complexity index is 432. The SMILES string of the molecule is NCCOCC(=O)N(Cc1cccc(O)c1)C1CC1. The van der Waals surface area contributed by atoms with Crippen molar-refractivity contribution in [3.63, 3.8) is 0 Å². The largest absolute Gasteiger partial charge is 0.508 e. The highest BCUT2D eigenvalue weighted by molar-refractivity contribution is 5.78. The number of nitrogens with zero attached hydrogens (tertiary/aromatic N) is 1. The van der Waals surface area contributed by atoms with Crippen molar-refractivity contribution in [3.8, 4) is 5.75 Å². The molecule has 1 aromatic rings. The zero-order valence-electron chi connectivity index (χ0n) is 10.9. The molecule has 104 valence electrons. The molecule has 5 heteroatoms. The fourth-order valence-corrected chi connectivity index (χ4v) is 1.98. The lowest BCUT2D eigenvalue weighted by atomic mass is 10.2. The lowest BCUT2D eigenvalue weighted by Crippen LogP contribution is -2.35. The number of carbonyl (C=O) groups excluding carboxylic acids is 1. The summed E-state index contributed by atoms with van der Waals surface area (Å²) >= 11 is 0. The van der Waals surface area contributed by atoms with Crippen molar-refractivity contribution in [3.05, 3.63) is 29.8 Å². The average molecular weight is 264 g/mol. The molecule has 19 heavy (non-hydrogen) atoms. The Balaban J connectivity index is 1.94. The molecule has 1 fully saturated rings. The van der Waals surface area contributed by atoms with E-state index in [9.17, 15) is 9.90 Å². The summed E-state index contributed by atoms with van der Waals surface area (Å²) in [6.45, 7) is 1.41. The van der Waals surface area contributed by atoms with Crippen LogP contribution < -0.4 is 5.73 Å². The molecule has 2 rings (SSSR count). The lowest BCUT2D eigenvalue weighted by molar-refractivity contribution is -0.137. The van der Waals surface area contributed by atoms with Crippen LogP contribution >= 0.6 is 0 Å². The number of phenols is 1. The van der Waals surface area contributed by atoms with Gasteiger partial charge in [-0.3, -0.25) is 4.79 Å². The number of nitrogens with two attached hydrogens (primary N) is 1. The van der Waals surface area contributed by atoms with Crippen molar-refractivity contribution in [2.24, 2.45) is 5.73 Å². The van der Waals surface area contributed by atoms with Gasteiger partial charge in [0, 0.05) is 19.1 Å². The molecular weight excluding hydrogens is 244 g/mol. The molecular formula is C14H20N2O3. The summed E-state index contributed by atoms with van der Waals surface area (Å²) in [5.74, 6) is 0.208. The van der Waals surface area contributed by atoms with E-state index in [0.29, 0.717) is 25.7 Å². The van der Waals surface area contributed by atoms with Crippen molar-refractivity contribution >= 4 is 5.91 Å². The zero-order chi connectivity index (χ0) is 13.7. The quantitative estimate of drug-likeness (QED) is 0.716. The van der Waals surface area contributed by atoms with Gasteiger partial charge >= 0.3 is 0 Å². The summed E-state index contributed by atoms with van der Waals surface area (Å²) in [6.07, 6.45) is 2.09. The number of hydrogen-bond acceptors (Lipinski definition) is 4. The minimum Gasteiger partial charge on any atom is -0.508 e. The highest BCUT2D eigenvalue weighted by Gasteiger charge is 2.32. The van der Waals surface area contributed by atoms with Gasteiger partial charge in [0.15, 0.2) is 0 Å². The van der Waals surface area contributed by atoms with Gasteiger partial charge in [-0.15, -0.1) is 0 Å². The first-order valence-electron chi connectivity index (χ1n) is 6.56. The van der Waals surface area contributed by atoms with E-state index in [4.69, 9.17) is 10.5 Å². The predicted octanol–water partition coefficient (Wildman–Crippen LogP) is 0.859. The summed E-state index contributed by atoms with van der Waals surface area (Å²) in [6, 6.07) is 7.31. The van der Waals surface area contributed by atoms with Gasteiger partial charge in [-0.05, 0) is 30.5 Å². The van der Waals surface area contributed by atoms with Gasteiger partial charge in [0.1, 0.15) is 12.4 Å². The van der Waals surface area contributed by atoms with Crippen LogP contribution in [0, 0.1) is 0 Å². The zero-order valence-corrected chi connectivity index (χ0v) is 10.9. The van der Waals surface area contributed by atoms with E-state index in [2.05, 4.69) is 0 Å². The van der Waals surface area contributed by atoms with Crippen LogP contribution in [0.3, 0.4) is 0 Å². The Morgan fingerprint density at radius 3 is 2.89 bits per heavy atom. The highest BCUT2D eigenvalue weighted by atomic mass is 16.5. The van der Waals surface area contributed by atoms with E-state index in [0.717, 1.165) is 18.4 Å². The molecule has 0 aromatic heterocycles. The van der Waals surface area contributed by atoms with Gasteiger partial charge in [-0.25, -0.2) is 0 Å². The van der Waals surface area contributed by atoms with Crippen molar-refractivity contribution < 1.29 is 14.6 Å². The predicted molar refractivity (Wildman–Crippen MR) is 71.6 cm³/mol. The minimum absolute atomic E-state index is 0.0145. The van der Waals surface area contributed by atoms with Crippen molar-refractivity contribution in [1.82, 2.24) is 4.90 Å². The summed E-state index contributed by atoms with van der Waals surface area (Å²) < 4.78 is 5.20. The molecule has 0 radical (unpaired) electrons. The van der Waals surface area contributed by atoms with Crippen LogP contribution in [0.1, 0.15) is 18.4 Å². The second-order valence-electron chi connectivity index (χ2n) is 4.76. The summed E-state index contributed by atoms with van der Waals surface area (Å²) in [7, 11) is 0. The summed E-state index contributed by atoms with van der Waals surface area (Å²) in [4.78, 5) is 13.9. The number of ether oxygens (including phenoxy) is 1. The van der Waals surface area contributed by atoms with Crippen LogP contribution in [0.4, 0.5) is 0 Å². The number of rotatable bonds is 7. The molecule has 0 heterocycles. The van der Waals surface area contributed by atoms with E-state index in [-0.39, 0.29) is 18.3 Å². The monoisotopic (exact) mass is 264 g/mol. The molecule has 1 aliphatic carbocycles. The van der Waals surface area contributed by atoms with Crippen LogP contribution in [0.5, 0.6) is 5.75 Å². The Labute approximate surface area is 113 Å². The molecule has 0 spiro atoms. The van der Waals surface area contributed by atoms with Crippen LogP contribution in [0.15, 0.2) is 24.3 Å². The molecule has 0 bridgehead atoms. The molecule has 1 aliphatic rings. The van der Waals surface area contributed by atoms with Gasteiger partial charge in [0.25, 0.3) is 0 Å². The molecule has 1 aromatic carbocycles. The third kappa shape index (κ3) is 4.22.